The van der Waals surface area contributed by atoms with Gasteiger partial charge in [-0.05, 0) is 68.9 Å². The summed E-state index contributed by atoms with van der Waals surface area (Å²) in [4.78, 5) is 0.0610. The lowest BCUT2D eigenvalue weighted by Crippen LogP contribution is -2.29. The second kappa shape index (κ2) is 15.3. The van der Waals surface area contributed by atoms with Crippen molar-refractivity contribution in [3.63, 3.8) is 0 Å². The van der Waals surface area contributed by atoms with Gasteiger partial charge >= 0.3 is 0 Å². The van der Waals surface area contributed by atoms with E-state index in [2.05, 4.69) is 39.0 Å². The van der Waals surface area contributed by atoms with Crippen molar-refractivity contribution in [3.05, 3.63) is 64.7 Å². The quantitative estimate of drug-likeness (QED) is 0.221. The first-order chi connectivity index (χ1) is 16.0. The summed E-state index contributed by atoms with van der Waals surface area (Å²) in [6, 6.07) is 13.0. The molecular formula is C29H47NO3S. The van der Waals surface area contributed by atoms with E-state index in [9.17, 15) is 13.0 Å². The Kier molecular flexibility index (Phi) is 13.7. The van der Waals surface area contributed by atoms with Crippen LogP contribution in [0, 0.1) is 13.8 Å². The summed E-state index contributed by atoms with van der Waals surface area (Å²) in [5, 5.41) is 0. The third-order valence-electron chi connectivity index (χ3n) is 6.35. The molecule has 4 nitrogen and oxygen atoms in total. The number of aryl methyl sites for hydroxylation is 2. The van der Waals surface area contributed by atoms with E-state index in [-0.39, 0.29) is 10.4 Å². The van der Waals surface area contributed by atoms with Crippen LogP contribution in [0.2, 0.25) is 0 Å². The van der Waals surface area contributed by atoms with Crippen molar-refractivity contribution in [1.82, 2.24) is 0 Å². The van der Waals surface area contributed by atoms with E-state index in [1.807, 2.05) is 19.9 Å². The first-order valence-corrected chi connectivity index (χ1v) is 14.3. The van der Waals surface area contributed by atoms with Crippen LogP contribution in [0.4, 0.5) is 0 Å². The van der Waals surface area contributed by atoms with Crippen molar-refractivity contribution < 1.29 is 13.0 Å². The van der Waals surface area contributed by atoms with Crippen LogP contribution in [0.1, 0.15) is 107 Å². The van der Waals surface area contributed by atoms with Crippen molar-refractivity contribution in [2.45, 2.75) is 116 Å². The van der Waals surface area contributed by atoms with E-state index >= 15 is 0 Å². The zero-order valence-corrected chi connectivity index (χ0v) is 22.9. The molecule has 0 spiro atoms. The predicted octanol–water partition coefficient (Wildman–Crippen LogP) is 7.89. The van der Waals surface area contributed by atoms with E-state index in [0.717, 1.165) is 18.4 Å². The Balaban J connectivity index is 0.000000404. The number of hydrogen-bond donors (Lipinski definition) is 2. The van der Waals surface area contributed by atoms with Gasteiger partial charge in [-0.2, -0.15) is 8.42 Å². The maximum atomic E-state index is 11.3. The zero-order valence-electron chi connectivity index (χ0n) is 22.1. The van der Waals surface area contributed by atoms with Crippen molar-refractivity contribution >= 4 is 10.1 Å². The smallest absolute Gasteiger partial charge is 0.294 e. The fourth-order valence-corrected chi connectivity index (χ4v) is 4.97. The van der Waals surface area contributed by atoms with Gasteiger partial charge in [0.05, 0.1) is 4.90 Å². The number of rotatable bonds is 13. The van der Waals surface area contributed by atoms with E-state index < -0.39 is 10.1 Å². The normalized spacial score (nSPS) is 11.7. The molecule has 192 valence electrons. The van der Waals surface area contributed by atoms with E-state index in [1.54, 1.807) is 12.1 Å². The standard InChI is InChI=1S/C18H30O3S.C11H17N/c1-2-3-4-5-6-7-8-9-10-11-14-17-15-12-13-16-18(17)22(19,20)21;1-8-6-5-7-10(9(8)2)11(3,4)12/h12-13,15-16H,2-11,14H2,1H3,(H,19,20,21);5-7H,12H2,1-4H3. The van der Waals surface area contributed by atoms with Gasteiger partial charge in [0.15, 0.2) is 0 Å². The largest absolute Gasteiger partial charge is 0.322 e. The highest BCUT2D eigenvalue weighted by Crippen LogP contribution is 2.23. The van der Waals surface area contributed by atoms with Gasteiger partial charge in [-0.15, -0.1) is 0 Å². The minimum atomic E-state index is -4.10. The second-order valence-electron chi connectivity index (χ2n) is 9.98. The van der Waals surface area contributed by atoms with Crippen LogP contribution in [-0.4, -0.2) is 13.0 Å². The van der Waals surface area contributed by atoms with E-state index in [0.29, 0.717) is 6.42 Å². The highest BCUT2D eigenvalue weighted by atomic mass is 32.2. The highest BCUT2D eigenvalue weighted by Gasteiger charge is 2.16. The Hall–Kier alpha value is -1.69. The lowest BCUT2D eigenvalue weighted by molar-refractivity contribution is 0.481. The molecule has 0 heterocycles. The molecular weight excluding hydrogens is 442 g/mol. The topological polar surface area (TPSA) is 80.4 Å². The molecule has 3 N–H and O–H groups in total. The molecule has 0 atom stereocenters. The van der Waals surface area contributed by atoms with Gasteiger partial charge in [-0.25, -0.2) is 0 Å². The third kappa shape index (κ3) is 11.6. The van der Waals surface area contributed by atoms with Crippen molar-refractivity contribution in [2.24, 2.45) is 5.73 Å². The third-order valence-corrected chi connectivity index (χ3v) is 7.30. The fraction of sp³-hybridized carbons (Fsp3) is 0.586. The molecule has 0 aliphatic heterocycles. The summed E-state index contributed by atoms with van der Waals surface area (Å²) >= 11 is 0. The molecule has 0 aliphatic rings. The molecule has 2 rings (SSSR count). The Morgan fingerprint density at radius 3 is 1.82 bits per heavy atom. The van der Waals surface area contributed by atoms with Gasteiger partial charge in [0, 0.05) is 5.54 Å². The van der Waals surface area contributed by atoms with Crippen molar-refractivity contribution in [2.75, 3.05) is 0 Å². The first-order valence-electron chi connectivity index (χ1n) is 12.9. The molecule has 0 fully saturated rings. The van der Waals surface area contributed by atoms with Crippen LogP contribution >= 0.6 is 0 Å². The van der Waals surface area contributed by atoms with Crippen LogP contribution in [-0.2, 0) is 22.1 Å². The summed E-state index contributed by atoms with van der Waals surface area (Å²) < 4.78 is 31.8. The summed E-state index contributed by atoms with van der Waals surface area (Å²) in [6.07, 6.45) is 13.3. The van der Waals surface area contributed by atoms with Crippen LogP contribution in [0.25, 0.3) is 0 Å². The molecule has 0 bridgehead atoms. The Labute approximate surface area is 209 Å². The average Bonchev–Trinajstić information content (AvgIpc) is 2.76. The maximum Gasteiger partial charge on any atom is 0.294 e. The molecule has 5 heteroatoms. The molecule has 0 amide bonds. The lowest BCUT2D eigenvalue weighted by atomic mass is 9.89. The predicted molar refractivity (Wildman–Crippen MR) is 145 cm³/mol. The number of hydrogen-bond acceptors (Lipinski definition) is 3. The number of nitrogens with two attached hydrogens (primary N) is 1. The van der Waals surface area contributed by atoms with Crippen molar-refractivity contribution in [1.29, 1.82) is 0 Å². The van der Waals surface area contributed by atoms with Gasteiger partial charge in [-0.1, -0.05) is 101 Å². The molecule has 0 aliphatic carbocycles. The highest BCUT2D eigenvalue weighted by molar-refractivity contribution is 7.85. The molecule has 0 saturated heterocycles. The number of benzene rings is 2. The molecule has 34 heavy (non-hydrogen) atoms. The Morgan fingerprint density at radius 2 is 1.32 bits per heavy atom. The molecule has 0 radical (unpaired) electrons. The summed E-state index contributed by atoms with van der Waals surface area (Å²) in [5.74, 6) is 0. The summed E-state index contributed by atoms with van der Waals surface area (Å²) in [5.41, 5.74) is 10.4. The van der Waals surface area contributed by atoms with Crippen molar-refractivity contribution in [3.8, 4) is 0 Å². The van der Waals surface area contributed by atoms with Crippen LogP contribution in [0.5, 0.6) is 0 Å². The minimum Gasteiger partial charge on any atom is -0.322 e. The molecule has 0 aromatic heterocycles. The van der Waals surface area contributed by atoms with Gasteiger partial charge in [0.25, 0.3) is 10.1 Å². The monoisotopic (exact) mass is 489 g/mol. The van der Waals surface area contributed by atoms with Gasteiger partial charge in [0.1, 0.15) is 0 Å². The van der Waals surface area contributed by atoms with Gasteiger partial charge in [0.2, 0.25) is 0 Å². The molecule has 0 saturated carbocycles. The van der Waals surface area contributed by atoms with Gasteiger partial charge in [-0.3, -0.25) is 4.55 Å². The molecule has 2 aromatic carbocycles. The molecule has 0 unspecified atom stereocenters. The van der Waals surface area contributed by atoms with Crippen LogP contribution in [0.3, 0.4) is 0 Å². The fourth-order valence-electron chi connectivity index (χ4n) is 4.21. The average molecular weight is 490 g/mol. The second-order valence-corrected chi connectivity index (χ2v) is 11.4. The van der Waals surface area contributed by atoms with Crippen LogP contribution < -0.4 is 5.73 Å². The lowest BCUT2D eigenvalue weighted by Gasteiger charge is -2.22. The summed E-state index contributed by atoms with van der Waals surface area (Å²) in [6.45, 7) is 10.5. The van der Waals surface area contributed by atoms with E-state index in [1.165, 1.54) is 74.1 Å². The van der Waals surface area contributed by atoms with E-state index in [4.69, 9.17) is 5.73 Å². The maximum absolute atomic E-state index is 11.3. The minimum absolute atomic E-state index is 0.0610. The Morgan fingerprint density at radius 1 is 0.794 bits per heavy atom. The number of unbranched alkanes of at least 4 members (excludes halogenated alkanes) is 9. The summed E-state index contributed by atoms with van der Waals surface area (Å²) in [7, 11) is -4.10. The van der Waals surface area contributed by atoms with Crippen LogP contribution in [0.15, 0.2) is 47.4 Å². The first kappa shape index (κ1) is 30.3. The Bertz CT molecular complexity index is 946. The zero-order chi connectivity index (χ0) is 25.6. The molecule has 2 aromatic rings. The van der Waals surface area contributed by atoms with Gasteiger partial charge < -0.3 is 5.73 Å². The SMILES string of the molecule is CCCCCCCCCCCCc1ccccc1S(=O)(=O)O.Cc1cccc(C(C)(C)N)c1C.